The van der Waals surface area contributed by atoms with E-state index >= 15 is 0 Å². The molecule has 1 amide bonds. The molecule has 0 spiro atoms. The van der Waals surface area contributed by atoms with Gasteiger partial charge in [-0.2, -0.15) is 0 Å². The lowest BCUT2D eigenvalue weighted by atomic mass is 9.90. The molecule has 118 valence electrons. The minimum atomic E-state index is 0.0136. The lowest BCUT2D eigenvalue weighted by Crippen LogP contribution is -2.43. The molecule has 1 heterocycles. The third-order valence-electron chi connectivity index (χ3n) is 4.47. The van der Waals surface area contributed by atoms with Crippen LogP contribution in [0.4, 0.5) is 0 Å². The number of amides is 1. The van der Waals surface area contributed by atoms with Gasteiger partial charge in [-0.3, -0.25) is 4.79 Å². The van der Waals surface area contributed by atoms with Crippen molar-refractivity contribution in [2.45, 2.75) is 64.5 Å². The predicted octanol–water partition coefficient (Wildman–Crippen LogP) is 3.22. The molecule has 1 aliphatic rings. The molecule has 1 aromatic heterocycles. The SMILES string of the molecule is CCCNC1CCC(N(C)C(=O)c2ccc(CC)o2)CC1. The van der Waals surface area contributed by atoms with Crippen molar-refractivity contribution in [2.24, 2.45) is 0 Å². The summed E-state index contributed by atoms with van der Waals surface area (Å²) >= 11 is 0. The van der Waals surface area contributed by atoms with Crippen LogP contribution in [0, 0.1) is 0 Å². The zero-order valence-electron chi connectivity index (χ0n) is 13.5. The minimum absolute atomic E-state index is 0.0136. The Kier molecular flexibility index (Phi) is 5.85. The Hall–Kier alpha value is -1.29. The van der Waals surface area contributed by atoms with Crippen molar-refractivity contribution in [2.75, 3.05) is 13.6 Å². The van der Waals surface area contributed by atoms with Crippen LogP contribution in [0.5, 0.6) is 0 Å². The zero-order chi connectivity index (χ0) is 15.2. The van der Waals surface area contributed by atoms with Gasteiger partial charge in [0.2, 0.25) is 0 Å². The Morgan fingerprint density at radius 1 is 1.29 bits per heavy atom. The van der Waals surface area contributed by atoms with E-state index in [1.54, 1.807) is 6.07 Å². The van der Waals surface area contributed by atoms with Gasteiger partial charge < -0.3 is 14.6 Å². The molecule has 0 radical (unpaired) electrons. The lowest BCUT2D eigenvalue weighted by Gasteiger charge is -2.34. The van der Waals surface area contributed by atoms with E-state index in [0.29, 0.717) is 17.8 Å². The van der Waals surface area contributed by atoms with Crippen molar-refractivity contribution in [3.05, 3.63) is 23.7 Å². The third-order valence-corrected chi connectivity index (χ3v) is 4.47. The molecule has 1 aliphatic carbocycles. The quantitative estimate of drug-likeness (QED) is 0.875. The minimum Gasteiger partial charge on any atom is -0.456 e. The van der Waals surface area contributed by atoms with Crippen molar-refractivity contribution in [1.29, 1.82) is 0 Å². The number of nitrogens with one attached hydrogen (secondary N) is 1. The van der Waals surface area contributed by atoms with Gasteiger partial charge in [-0.25, -0.2) is 0 Å². The molecule has 4 nitrogen and oxygen atoms in total. The number of furan rings is 1. The van der Waals surface area contributed by atoms with Gasteiger partial charge in [0.25, 0.3) is 5.91 Å². The van der Waals surface area contributed by atoms with Crippen molar-refractivity contribution in [3.63, 3.8) is 0 Å². The molecule has 2 rings (SSSR count). The zero-order valence-corrected chi connectivity index (χ0v) is 13.5. The molecule has 0 unspecified atom stereocenters. The number of carbonyl (C=O) groups excluding carboxylic acids is 1. The summed E-state index contributed by atoms with van der Waals surface area (Å²) in [7, 11) is 1.90. The predicted molar refractivity (Wildman–Crippen MR) is 84.5 cm³/mol. The molecule has 21 heavy (non-hydrogen) atoms. The fourth-order valence-electron chi connectivity index (χ4n) is 3.04. The maximum atomic E-state index is 12.4. The van der Waals surface area contributed by atoms with Gasteiger partial charge >= 0.3 is 0 Å². The first-order valence-corrected chi connectivity index (χ1v) is 8.25. The van der Waals surface area contributed by atoms with Gasteiger partial charge in [-0.05, 0) is 50.8 Å². The number of carbonyl (C=O) groups is 1. The second kappa shape index (κ2) is 7.64. The fraction of sp³-hybridized carbons (Fsp3) is 0.706. The number of hydrogen-bond acceptors (Lipinski definition) is 3. The topological polar surface area (TPSA) is 45.5 Å². The van der Waals surface area contributed by atoms with Gasteiger partial charge in [0, 0.05) is 25.6 Å². The number of hydrogen-bond donors (Lipinski definition) is 1. The summed E-state index contributed by atoms with van der Waals surface area (Å²) in [4.78, 5) is 14.3. The van der Waals surface area contributed by atoms with E-state index < -0.39 is 0 Å². The first kappa shape index (κ1) is 16.1. The van der Waals surface area contributed by atoms with E-state index in [1.165, 1.54) is 6.42 Å². The van der Waals surface area contributed by atoms with E-state index in [2.05, 4.69) is 12.2 Å². The monoisotopic (exact) mass is 292 g/mol. The highest BCUT2D eigenvalue weighted by atomic mass is 16.4. The first-order valence-electron chi connectivity index (χ1n) is 8.25. The van der Waals surface area contributed by atoms with E-state index in [1.807, 2.05) is 24.9 Å². The summed E-state index contributed by atoms with van der Waals surface area (Å²) in [6.45, 7) is 5.32. The Bertz CT molecular complexity index is 447. The van der Waals surface area contributed by atoms with Gasteiger partial charge in [0.1, 0.15) is 5.76 Å². The maximum absolute atomic E-state index is 12.4. The van der Waals surface area contributed by atoms with E-state index in [0.717, 1.165) is 44.4 Å². The van der Waals surface area contributed by atoms with Crippen molar-refractivity contribution in [3.8, 4) is 0 Å². The van der Waals surface area contributed by atoms with Crippen LogP contribution in [-0.4, -0.2) is 36.5 Å². The van der Waals surface area contributed by atoms with E-state index in [-0.39, 0.29) is 5.91 Å². The molecule has 4 heteroatoms. The van der Waals surface area contributed by atoms with Crippen LogP contribution in [0.2, 0.25) is 0 Å². The smallest absolute Gasteiger partial charge is 0.289 e. The van der Waals surface area contributed by atoms with Gasteiger partial charge in [-0.1, -0.05) is 13.8 Å². The van der Waals surface area contributed by atoms with Crippen LogP contribution in [0.3, 0.4) is 0 Å². The van der Waals surface area contributed by atoms with Crippen molar-refractivity contribution < 1.29 is 9.21 Å². The Balaban J connectivity index is 1.86. The van der Waals surface area contributed by atoms with Crippen LogP contribution >= 0.6 is 0 Å². The highest BCUT2D eigenvalue weighted by molar-refractivity contribution is 5.91. The Morgan fingerprint density at radius 3 is 2.57 bits per heavy atom. The highest BCUT2D eigenvalue weighted by Crippen LogP contribution is 2.24. The lowest BCUT2D eigenvalue weighted by molar-refractivity contribution is 0.0651. The van der Waals surface area contributed by atoms with E-state index in [9.17, 15) is 4.79 Å². The van der Waals surface area contributed by atoms with Gasteiger partial charge in [-0.15, -0.1) is 0 Å². The number of nitrogens with zero attached hydrogens (tertiary/aromatic N) is 1. The van der Waals surface area contributed by atoms with Crippen LogP contribution in [0.15, 0.2) is 16.5 Å². The summed E-state index contributed by atoms with van der Waals surface area (Å²) < 4.78 is 5.58. The normalized spacial score (nSPS) is 22.2. The molecule has 0 aliphatic heterocycles. The van der Waals surface area contributed by atoms with Crippen LogP contribution in [0.25, 0.3) is 0 Å². The summed E-state index contributed by atoms with van der Waals surface area (Å²) in [5.74, 6) is 1.36. The summed E-state index contributed by atoms with van der Waals surface area (Å²) in [5.41, 5.74) is 0. The third kappa shape index (κ3) is 4.10. The van der Waals surface area contributed by atoms with Crippen LogP contribution < -0.4 is 5.32 Å². The van der Waals surface area contributed by atoms with Crippen LogP contribution in [-0.2, 0) is 6.42 Å². The summed E-state index contributed by atoms with van der Waals surface area (Å²) in [5, 5.41) is 3.58. The van der Waals surface area contributed by atoms with Crippen molar-refractivity contribution in [1.82, 2.24) is 10.2 Å². The van der Waals surface area contributed by atoms with Gasteiger partial charge in [0.05, 0.1) is 0 Å². The second-order valence-electron chi connectivity index (χ2n) is 6.00. The van der Waals surface area contributed by atoms with Gasteiger partial charge in [0.15, 0.2) is 5.76 Å². The molecule has 0 atom stereocenters. The number of aryl methyl sites for hydroxylation is 1. The largest absolute Gasteiger partial charge is 0.456 e. The van der Waals surface area contributed by atoms with E-state index in [4.69, 9.17) is 4.42 Å². The Labute approximate surface area is 127 Å². The average Bonchev–Trinajstić information content (AvgIpc) is 3.01. The highest BCUT2D eigenvalue weighted by Gasteiger charge is 2.27. The standard InChI is InChI=1S/C17H28N2O2/c1-4-12-18-13-6-8-14(9-7-13)19(3)17(20)16-11-10-15(5-2)21-16/h10-11,13-14,18H,4-9,12H2,1-3H3. The molecule has 1 saturated carbocycles. The Morgan fingerprint density at radius 2 is 2.00 bits per heavy atom. The molecule has 0 saturated heterocycles. The first-order chi connectivity index (χ1) is 10.2. The summed E-state index contributed by atoms with van der Waals surface area (Å²) in [6, 6.07) is 4.66. The molecule has 1 fully saturated rings. The molecule has 0 aromatic carbocycles. The number of rotatable bonds is 6. The average molecular weight is 292 g/mol. The fourth-order valence-corrected chi connectivity index (χ4v) is 3.04. The molecule has 1 aromatic rings. The molecule has 1 N–H and O–H groups in total. The maximum Gasteiger partial charge on any atom is 0.289 e. The molecular weight excluding hydrogens is 264 g/mol. The molecular formula is C17H28N2O2. The second-order valence-corrected chi connectivity index (χ2v) is 6.00. The molecule has 0 bridgehead atoms. The van der Waals surface area contributed by atoms with Crippen molar-refractivity contribution >= 4 is 5.91 Å². The summed E-state index contributed by atoms with van der Waals surface area (Å²) in [6.07, 6.45) is 6.46. The van der Waals surface area contributed by atoms with Crippen LogP contribution in [0.1, 0.15) is 62.3 Å².